The number of aryl methyl sites for hydroxylation is 1. The second-order valence-corrected chi connectivity index (χ2v) is 8.08. The van der Waals surface area contributed by atoms with Gasteiger partial charge in [0.15, 0.2) is 0 Å². The number of likely N-dealkylation sites (tertiary alicyclic amines) is 1. The van der Waals surface area contributed by atoms with E-state index in [0.29, 0.717) is 22.9 Å². The summed E-state index contributed by atoms with van der Waals surface area (Å²) in [7, 11) is 1.40. The van der Waals surface area contributed by atoms with Crippen molar-refractivity contribution in [1.82, 2.24) is 20.1 Å². The molecule has 1 aromatic carbocycles. The van der Waals surface area contributed by atoms with Crippen molar-refractivity contribution in [2.75, 3.05) is 32.1 Å². The summed E-state index contributed by atoms with van der Waals surface area (Å²) in [6, 6.07) is 5.92. The number of methoxy groups -OCH3 is 1. The Morgan fingerprint density at radius 1 is 1.38 bits per heavy atom. The zero-order valence-corrected chi connectivity index (χ0v) is 17.2. The number of hydrogen-bond donors (Lipinski definition) is 2. The zero-order chi connectivity index (χ0) is 20.4. The minimum absolute atomic E-state index is 0.135. The number of ether oxygens (including phenoxy) is 1. The highest BCUT2D eigenvalue weighted by atomic mass is 32.1. The average molecular weight is 414 g/mol. The summed E-state index contributed by atoms with van der Waals surface area (Å²) in [6.45, 7) is 3.73. The molecule has 0 amide bonds. The van der Waals surface area contributed by atoms with Gasteiger partial charge in [0.1, 0.15) is 11.4 Å². The maximum absolute atomic E-state index is 11.5. The number of fused-ring (bicyclic) bond motifs is 1. The number of carbonyl (C=O) groups excluding carboxylic acids is 1. The first-order chi connectivity index (χ1) is 14.0. The molecule has 0 radical (unpaired) electrons. The Balaban J connectivity index is 1.50. The van der Waals surface area contributed by atoms with E-state index in [2.05, 4.69) is 25.4 Å². The van der Waals surface area contributed by atoms with Crippen molar-refractivity contribution in [1.29, 1.82) is 0 Å². The van der Waals surface area contributed by atoms with Crippen molar-refractivity contribution in [2.24, 2.45) is 0 Å². The van der Waals surface area contributed by atoms with Crippen LogP contribution in [0.2, 0.25) is 0 Å². The number of benzene rings is 1. The van der Waals surface area contributed by atoms with Gasteiger partial charge < -0.3 is 15.2 Å². The summed E-state index contributed by atoms with van der Waals surface area (Å²) < 4.78 is 5.59. The maximum Gasteiger partial charge on any atom is 0.319 e. The predicted octanol–water partition coefficient (Wildman–Crippen LogP) is 2.82. The first-order valence-corrected chi connectivity index (χ1v) is 10.4. The van der Waals surface area contributed by atoms with Crippen molar-refractivity contribution in [3.63, 3.8) is 0 Å². The summed E-state index contributed by atoms with van der Waals surface area (Å²) in [5.41, 5.74) is 1.89. The van der Waals surface area contributed by atoms with Gasteiger partial charge in [-0.1, -0.05) is 6.07 Å². The number of carbonyl (C=O) groups is 1. The number of nitrogens with one attached hydrogen (secondary N) is 1. The van der Waals surface area contributed by atoms with E-state index >= 15 is 0 Å². The standard InChI is InChI=1S/C20H23N5O3S/c1-12-17(15-6-5-13-7-9-29-19(13)18(15)27)23-24-20(21-12)22-14-4-3-8-25(10-14)11-16(26)28-2/h5-7,9,14,27H,3-4,8,10-11H2,1-2H3,(H,21,22,24)/t14-/m1/s1. The molecular weight excluding hydrogens is 390 g/mol. The molecule has 0 saturated carbocycles. The van der Waals surface area contributed by atoms with Crippen LogP contribution >= 0.6 is 11.3 Å². The lowest BCUT2D eigenvalue weighted by Gasteiger charge is -2.32. The minimum Gasteiger partial charge on any atom is -0.506 e. The molecule has 2 N–H and O–H groups in total. The van der Waals surface area contributed by atoms with Gasteiger partial charge in [0.2, 0.25) is 5.95 Å². The maximum atomic E-state index is 11.5. The number of phenols is 1. The van der Waals surface area contributed by atoms with Crippen LogP contribution in [0, 0.1) is 6.92 Å². The van der Waals surface area contributed by atoms with Crippen LogP contribution in [0.5, 0.6) is 5.75 Å². The van der Waals surface area contributed by atoms with Gasteiger partial charge >= 0.3 is 5.97 Å². The molecule has 1 saturated heterocycles. The molecule has 0 unspecified atom stereocenters. The van der Waals surface area contributed by atoms with Crippen LogP contribution < -0.4 is 5.32 Å². The largest absolute Gasteiger partial charge is 0.506 e. The molecule has 8 nitrogen and oxygen atoms in total. The number of phenolic OH excluding ortho intramolecular Hbond substituents is 1. The number of rotatable bonds is 5. The molecule has 3 heterocycles. The van der Waals surface area contributed by atoms with Gasteiger partial charge in [0, 0.05) is 18.2 Å². The Morgan fingerprint density at radius 2 is 2.24 bits per heavy atom. The van der Waals surface area contributed by atoms with E-state index in [9.17, 15) is 9.90 Å². The van der Waals surface area contributed by atoms with Gasteiger partial charge in [-0.3, -0.25) is 9.69 Å². The van der Waals surface area contributed by atoms with Crippen LogP contribution in [0.25, 0.3) is 21.3 Å². The predicted molar refractivity (Wildman–Crippen MR) is 112 cm³/mol. The smallest absolute Gasteiger partial charge is 0.319 e. The number of anilines is 1. The van der Waals surface area contributed by atoms with E-state index < -0.39 is 0 Å². The number of nitrogens with zero attached hydrogens (tertiary/aromatic N) is 4. The Bertz CT molecular complexity index is 1040. The Morgan fingerprint density at radius 3 is 3.03 bits per heavy atom. The first kappa shape index (κ1) is 19.5. The molecule has 0 aliphatic carbocycles. The van der Waals surface area contributed by atoms with Gasteiger partial charge in [0.25, 0.3) is 0 Å². The van der Waals surface area contributed by atoms with Crippen molar-refractivity contribution in [3.8, 4) is 17.0 Å². The molecule has 1 aliphatic rings. The van der Waals surface area contributed by atoms with E-state index in [1.165, 1.54) is 18.4 Å². The van der Waals surface area contributed by atoms with Gasteiger partial charge in [-0.2, -0.15) is 0 Å². The fourth-order valence-electron chi connectivity index (χ4n) is 3.67. The second-order valence-electron chi connectivity index (χ2n) is 7.16. The fourth-order valence-corrected chi connectivity index (χ4v) is 4.51. The Kier molecular flexibility index (Phi) is 5.59. The Labute approximate surface area is 172 Å². The average Bonchev–Trinajstić information content (AvgIpc) is 3.19. The molecule has 29 heavy (non-hydrogen) atoms. The van der Waals surface area contributed by atoms with Crippen molar-refractivity contribution in [2.45, 2.75) is 25.8 Å². The second kappa shape index (κ2) is 8.30. The van der Waals surface area contributed by atoms with Crippen LogP contribution in [0.15, 0.2) is 23.6 Å². The van der Waals surface area contributed by atoms with E-state index in [1.807, 2.05) is 30.5 Å². The molecule has 152 valence electrons. The van der Waals surface area contributed by atoms with E-state index in [-0.39, 0.29) is 24.3 Å². The molecule has 0 spiro atoms. The number of thiophene rings is 1. The van der Waals surface area contributed by atoms with Crippen LogP contribution in [-0.4, -0.2) is 63.9 Å². The van der Waals surface area contributed by atoms with E-state index in [0.717, 1.165) is 36.0 Å². The summed E-state index contributed by atoms with van der Waals surface area (Å²) in [6.07, 6.45) is 1.95. The van der Waals surface area contributed by atoms with Gasteiger partial charge in [-0.25, -0.2) is 4.98 Å². The third-order valence-corrected chi connectivity index (χ3v) is 6.07. The lowest BCUT2D eigenvalue weighted by Crippen LogP contribution is -2.44. The van der Waals surface area contributed by atoms with Crippen LogP contribution in [0.4, 0.5) is 5.95 Å². The topological polar surface area (TPSA) is 100 Å². The van der Waals surface area contributed by atoms with Crippen molar-refractivity contribution in [3.05, 3.63) is 29.3 Å². The highest BCUT2D eigenvalue weighted by Gasteiger charge is 2.23. The molecule has 1 aliphatic heterocycles. The highest BCUT2D eigenvalue weighted by molar-refractivity contribution is 7.17. The van der Waals surface area contributed by atoms with Crippen LogP contribution in [-0.2, 0) is 9.53 Å². The number of aromatic hydroxyl groups is 1. The summed E-state index contributed by atoms with van der Waals surface area (Å²) >= 11 is 1.49. The fraction of sp³-hybridized carbons (Fsp3) is 0.400. The minimum atomic E-state index is -0.230. The third kappa shape index (κ3) is 4.15. The molecule has 2 aromatic heterocycles. The van der Waals surface area contributed by atoms with Crippen LogP contribution in [0.1, 0.15) is 18.5 Å². The Hall–Kier alpha value is -2.78. The van der Waals surface area contributed by atoms with Crippen LogP contribution in [0.3, 0.4) is 0 Å². The van der Waals surface area contributed by atoms with Gasteiger partial charge in [-0.15, -0.1) is 21.5 Å². The SMILES string of the molecule is COC(=O)CN1CCC[C@@H](Nc2nnc(-c3ccc4ccsc4c3O)c(C)n2)C1. The van der Waals surface area contributed by atoms with Gasteiger partial charge in [-0.05, 0) is 49.2 Å². The first-order valence-electron chi connectivity index (χ1n) is 9.51. The molecule has 1 fully saturated rings. The van der Waals surface area contributed by atoms with Crippen molar-refractivity contribution >= 4 is 33.3 Å². The summed E-state index contributed by atoms with van der Waals surface area (Å²) in [5.74, 6) is 0.433. The highest BCUT2D eigenvalue weighted by Crippen LogP contribution is 2.38. The van der Waals surface area contributed by atoms with Crippen molar-refractivity contribution < 1.29 is 14.6 Å². The van der Waals surface area contributed by atoms with E-state index in [4.69, 9.17) is 4.74 Å². The third-order valence-electron chi connectivity index (χ3n) is 5.13. The normalized spacial score (nSPS) is 17.4. The van der Waals surface area contributed by atoms with E-state index in [1.54, 1.807) is 0 Å². The zero-order valence-electron chi connectivity index (χ0n) is 16.4. The molecule has 1 atom stereocenters. The number of piperidine rings is 1. The lowest BCUT2D eigenvalue weighted by atomic mass is 10.1. The molecule has 3 aromatic rings. The molecule has 0 bridgehead atoms. The van der Waals surface area contributed by atoms with Gasteiger partial charge in [0.05, 0.1) is 24.0 Å². The molecule has 9 heteroatoms. The lowest BCUT2D eigenvalue weighted by molar-refractivity contribution is -0.142. The number of hydrogen-bond acceptors (Lipinski definition) is 9. The molecule has 4 rings (SSSR count). The summed E-state index contributed by atoms with van der Waals surface area (Å²) in [5, 5.41) is 25.5. The summed E-state index contributed by atoms with van der Waals surface area (Å²) in [4.78, 5) is 18.1. The number of aromatic nitrogens is 3. The monoisotopic (exact) mass is 413 g/mol. The quantitative estimate of drug-likeness (QED) is 0.616. The molecular formula is C20H23N5O3S. The number of esters is 1.